The molecule has 2 aliphatic rings. The lowest BCUT2D eigenvalue weighted by Crippen LogP contribution is -2.39. The van der Waals surface area contributed by atoms with E-state index in [4.69, 9.17) is 19.2 Å². The van der Waals surface area contributed by atoms with Crippen molar-refractivity contribution < 1.29 is 14.2 Å². The van der Waals surface area contributed by atoms with Crippen molar-refractivity contribution in [3.05, 3.63) is 127 Å². The van der Waals surface area contributed by atoms with Crippen LogP contribution >= 0.6 is 11.3 Å². The first kappa shape index (κ1) is 24.9. The quantitative estimate of drug-likeness (QED) is 0.315. The van der Waals surface area contributed by atoms with Crippen molar-refractivity contribution in [2.45, 2.75) is 18.9 Å². The van der Waals surface area contributed by atoms with Gasteiger partial charge in [0.15, 0.2) is 4.80 Å². The second-order valence-electron chi connectivity index (χ2n) is 9.36. The van der Waals surface area contributed by atoms with E-state index in [1.54, 1.807) is 20.3 Å². The molecule has 6 rings (SSSR count). The normalized spacial score (nSPS) is 16.1. The van der Waals surface area contributed by atoms with Gasteiger partial charge < -0.3 is 14.2 Å². The summed E-state index contributed by atoms with van der Waals surface area (Å²) in [5, 5.41) is 0. The van der Waals surface area contributed by atoms with Crippen LogP contribution in [0.5, 0.6) is 17.2 Å². The summed E-state index contributed by atoms with van der Waals surface area (Å²) < 4.78 is 19.6. The van der Waals surface area contributed by atoms with Crippen LogP contribution in [-0.2, 0) is 6.42 Å². The Morgan fingerprint density at radius 3 is 2.67 bits per heavy atom. The molecule has 0 amide bonds. The van der Waals surface area contributed by atoms with Crippen LogP contribution in [0, 0.1) is 0 Å². The third-order valence-corrected chi connectivity index (χ3v) is 8.15. The second kappa shape index (κ2) is 10.4. The molecule has 1 unspecified atom stereocenters. The van der Waals surface area contributed by atoms with Gasteiger partial charge in [0.05, 0.1) is 30.5 Å². The Balaban J connectivity index is 1.62. The molecule has 196 valence electrons. The zero-order valence-electron chi connectivity index (χ0n) is 21.8. The minimum absolute atomic E-state index is 0.0995. The van der Waals surface area contributed by atoms with Gasteiger partial charge in [-0.1, -0.05) is 66.5 Å². The third-order valence-electron chi connectivity index (χ3n) is 7.17. The fraction of sp³-hybridized carbons (Fsp3) is 0.188. The SMILES string of the molecule is C=CCOc1ccccc1C=c1sc2n(c1=O)C(c1cc(OC)ccc1OC)C1=C(N=2)c2ccccc2CC1. The van der Waals surface area contributed by atoms with Crippen LogP contribution in [0.3, 0.4) is 0 Å². The van der Waals surface area contributed by atoms with Crippen molar-refractivity contribution in [1.29, 1.82) is 0 Å². The molecule has 4 aromatic rings. The Hall–Kier alpha value is -4.36. The number of fused-ring (bicyclic) bond motifs is 3. The van der Waals surface area contributed by atoms with Crippen LogP contribution in [0.2, 0.25) is 0 Å². The maximum Gasteiger partial charge on any atom is 0.271 e. The maximum absolute atomic E-state index is 14.1. The zero-order chi connectivity index (χ0) is 26.9. The van der Waals surface area contributed by atoms with Crippen molar-refractivity contribution in [3.8, 4) is 17.2 Å². The average Bonchev–Trinajstić information content (AvgIpc) is 3.29. The van der Waals surface area contributed by atoms with E-state index in [0.29, 0.717) is 33.2 Å². The lowest BCUT2D eigenvalue weighted by atomic mass is 9.83. The van der Waals surface area contributed by atoms with Gasteiger partial charge in [0.25, 0.3) is 5.56 Å². The Labute approximate surface area is 230 Å². The topological polar surface area (TPSA) is 62.0 Å². The number of aromatic nitrogens is 1. The first-order valence-corrected chi connectivity index (χ1v) is 13.6. The molecule has 7 heteroatoms. The molecule has 0 fully saturated rings. The van der Waals surface area contributed by atoms with Crippen molar-refractivity contribution in [3.63, 3.8) is 0 Å². The standard InChI is InChI=1S/C32H28N2O4S/c1-4-17-38-26-12-8-6-10-21(26)18-28-31(35)34-30(25-19-22(36-2)14-16-27(25)37-3)24-15-13-20-9-5-7-11-23(20)29(24)33-32(34)39-28/h4-12,14,16,18-19,30H,1,13,15,17H2,2-3H3. The first-order chi connectivity index (χ1) is 19.1. The third kappa shape index (κ3) is 4.38. The smallest absolute Gasteiger partial charge is 0.271 e. The monoisotopic (exact) mass is 536 g/mol. The van der Waals surface area contributed by atoms with Gasteiger partial charge in [0, 0.05) is 16.7 Å². The molecule has 2 heterocycles. The Morgan fingerprint density at radius 2 is 1.85 bits per heavy atom. The van der Waals surface area contributed by atoms with E-state index in [-0.39, 0.29) is 11.6 Å². The number of ether oxygens (including phenoxy) is 3. The molecule has 0 saturated carbocycles. The molecule has 1 aromatic heterocycles. The highest BCUT2D eigenvalue weighted by Crippen LogP contribution is 2.44. The Morgan fingerprint density at radius 1 is 1.03 bits per heavy atom. The molecule has 0 spiro atoms. The summed E-state index contributed by atoms with van der Waals surface area (Å²) in [7, 11) is 3.30. The van der Waals surface area contributed by atoms with Crippen LogP contribution in [-0.4, -0.2) is 25.4 Å². The number of aryl methyl sites for hydroxylation is 1. The molecule has 3 aromatic carbocycles. The van der Waals surface area contributed by atoms with Gasteiger partial charge in [0.1, 0.15) is 23.9 Å². The van der Waals surface area contributed by atoms with E-state index in [2.05, 4.69) is 24.8 Å². The van der Waals surface area contributed by atoms with Gasteiger partial charge in [0.2, 0.25) is 0 Å². The van der Waals surface area contributed by atoms with E-state index < -0.39 is 0 Å². The molecule has 0 bridgehead atoms. The molecule has 6 nitrogen and oxygen atoms in total. The number of para-hydroxylation sites is 1. The number of hydrogen-bond acceptors (Lipinski definition) is 6. The molecular formula is C32H28N2O4S. The largest absolute Gasteiger partial charge is 0.497 e. The molecule has 0 radical (unpaired) electrons. The summed E-state index contributed by atoms with van der Waals surface area (Å²) in [6.07, 6.45) is 5.27. The highest BCUT2D eigenvalue weighted by molar-refractivity contribution is 7.07. The summed E-state index contributed by atoms with van der Waals surface area (Å²) in [4.78, 5) is 19.9. The van der Waals surface area contributed by atoms with Crippen LogP contribution in [0.25, 0.3) is 11.8 Å². The fourth-order valence-electron chi connectivity index (χ4n) is 5.37. The number of thiazole rings is 1. The molecule has 0 N–H and O–H groups in total. The van der Waals surface area contributed by atoms with Crippen LogP contribution in [0.1, 0.15) is 34.7 Å². The summed E-state index contributed by atoms with van der Waals surface area (Å²) in [6.45, 7) is 4.12. The molecular weight excluding hydrogens is 508 g/mol. The summed E-state index contributed by atoms with van der Waals surface area (Å²) in [5.74, 6) is 2.10. The van der Waals surface area contributed by atoms with Crippen molar-refractivity contribution in [2.75, 3.05) is 20.8 Å². The van der Waals surface area contributed by atoms with Crippen LogP contribution in [0.15, 0.2) is 94.7 Å². The van der Waals surface area contributed by atoms with Crippen LogP contribution in [0.4, 0.5) is 0 Å². The minimum Gasteiger partial charge on any atom is -0.497 e. The maximum atomic E-state index is 14.1. The summed E-state index contributed by atoms with van der Waals surface area (Å²) in [6, 6.07) is 21.4. The number of methoxy groups -OCH3 is 2. The highest BCUT2D eigenvalue weighted by Gasteiger charge is 2.34. The van der Waals surface area contributed by atoms with E-state index in [1.165, 1.54) is 16.9 Å². The highest BCUT2D eigenvalue weighted by atomic mass is 32.1. The van der Waals surface area contributed by atoms with E-state index >= 15 is 0 Å². The van der Waals surface area contributed by atoms with E-state index in [0.717, 1.165) is 40.8 Å². The fourth-order valence-corrected chi connectivity index (χ4v) is 6.37. The predicted molar refractivity (Wildman–Crippen MR) is 154 cm³/mol. The zero-order valence-corrected chi connectivity index (χ0v) is 22.7. The minimum atomic E-state index is -0.371. The lowest BCUT2D eigenvalue weighted by Gasteiger charge is -2.31. The number of allylic oxidation sites excluding steroid dienone is 1. The van der Waals surface area contributed by atoms with Gasteiger partial charge in [-0.2, -0.15) is 0 Å². The van der Waals surface area contributed by atoms with Gasteiger partial charge in [-0.05, 0) is 54.3 Å². The predicted octanol–water partition coefficient (Wildman–Crippen LogP) is 4.90. The van der Waals surface area contributed by atoms with E-state index in [9.17, 15) is 4.79 Å². The lowest BCUT2D eigenvalue weighted by molar-refractivity contribution is 0.362. The van der Waals surface area contributed by atoms with Crippen LogP contribution < -0.4 is 29.1 Å². The van der Waals surface area contributed by atoms with Gasteiger partial charge in [-0.15, -0.1) is 0 Å². The number of nitrogens with zero attached hydrogens (tertiary/aromatic N) is 2. The Bertz CT molecular complexity index is 1800. The molecule has 1 aliphatic carbocycles. The number of rotatable bonds is 7. The summed E-state index contributed by atoms with van der Waals surface area (Å²) >= 11 is 1.39. The first-order valence-electron chi connectivity index (χ1n) is 12.8. The average molecular weight is 537 g/mol. The number of hydrogen-bond donors (Lipinski definition) is 0. The van der Waals surface area contributed by atoms with Gasteiger partial charge in [-0.3, -0.25) is 9.36 Å². The van der Waals surface area contributed by atoms with Crippen molar-refractivity contribution in [2.24, 2.45) is 4.99 Å². The molecule has 0 saturated heterocycles. The molecule has 1 atom stereocenters. The molecule has 39 heavy (non-hydrogen) atoms. The van der Waals surface area contributed by atoms with Crippen molar-refractivity contribution in [1.82, 2.24) is 4.57 Å². The molecule has 1 aliphatic heterocycles. The summed E-state index contributed by atoms with van der Waals surface area (Å²) in [5.41, 5.74) is 6.03. The van der Waals surface area contributed by atoms with Gasteiger partial charge >= 0.3 is 0 Å². The Kier molecular flexibility index (Phi) is 6.67. The van der Waals surface area contributed by atoms with E-state index in [1.807, 2.05) is 59.2 Å². The number of benzene rings is 3. The second-order valence-corrected chi connectivity index (χ2v) is 10.4. The van der Waals surface area contributed by atoms with Crippen molar-refractivity contribution >= 4 is 23.1 Å². The van der Waals surface area contributed by atoms with Gasteiger partial charge in [-0.25, -0.2) is 4.99 Å².